The van der Waals surface area contributed by atoms with Crippen LogP contribution in [0.2, 0.25) is 0 Å². The maximum absolute atomic E-state index is 11.2. The number of rotatable bonds is 6. The van der Waals surface area contributed by atoms with E-state index in [1.807, 2.05) is 24.3 Å². The van der Waals surface area contributed by atoms with E-state index in [0.717, 1.165) is 18.4 Å². The van der Waals surface area contributed by atoms with Crippen molar-refractivity contribution in [3.8, 4) is 0 Å². The van der Waals surface area contributed by atoms with Gasteiger partial charge in [0.1, 0.15) is 6.29 Å². The third-order valence-electron chi connectivity index (χ3n) is 3.07. The number of carbonyl (C=O) groups excluding carboxylic acids is 1. The molecule has 0 saturated heterocycles. The zero-order chi connectivity index (χ0) is 12.8. The summed E-state index contributed by atoms with van der Waals surface area (Å²) in [5, 5.41) is 0. The third kappa shape index (κ3) is 3.97. The summed E-state index contributed by atoms with van der Waals surface area (Å²) in [5.41, 5.74) is 1.07. The Hall–Kier alpha value is -1.15. The number of nitrogens with zero attached hydrogens (tertiary/aromatic N) is 1. The van der Waals surface area contributed by atoms with E-state index in [1.165, 1.54) is 0 Å². The first-order chi connectivity index (χ1) is 8.06. The zero-order valence-electron chi connectivity index (χ0n) is 11.2. The van der Waals surface area contributed by atoms with Gasteiger partial charge in [-0.1, -0.05) is 24.3 Å². The van der Waals surface area contributed by atoms with Crippen LogP contribution in [0.15, 0.2) is 24.3 Å². The summed E-state index contributed by atoms with van der Waals surface area (Å²) >= 11 is 0. The summed E-state index contributed by atoms with van der Waals surface area (Å²) < 4.78 is 0. The lowest BCUT2D eigenvalue weighted by Crippen LogP contribution is -2.40. The second-order valence-electron chi connectivity index (χ2n) is 4.96. The second-order valence-corrected chi connectivity index (χ2v) is 4.96. The molecule has 0 aromatic heterocycles. The van der Waals surface area contributed by atoms with Gasteiger partial charge in [0, 0.05) is 18.6 Å². The van der Waals surface area contributed by atoms with Crippen molar-refractivity contribution in [1.82, 2.24) is 4.90 Å². The Morgan fingerprint density at radius 1 is 1.18 bits per heavy atom. The summed E-state index contributed by atoms with van der Waals surface area (Å²) in [6.45, 7) is 9.45. The molecule has 1 rings (SSSR count). The van der Waals surface area contributed by atoms with Crippen LogP contribution >= 0.6 is 0 Å². The summed E-state index contributed by atoms with van der Waals surface area (Å²) in [6, 6.07) is 11.5. The van der Waals surface area contributed by atoms with Gasteiger partial charge in [0.15, 0.2) is 0 Å². The summed E-state index contributed by atoms with van der Waals surface area (Å²) in [7, 11) is 0. The standard InChI is InChI=1S/C15H22NO/c1-12(2)16(13(3)4)10-15(11-17)14-8-6-5-7-9-14/h6-9,11-13,15H,10H2,1-4H3. The van der Waals surface area contributed by atoms with Crippen molar-refractivity contribution in [2.45, 2.75) is 45.7 Å². The van der Waals surface area contributed by atoms with E-state index >= 15 is 0 Å². The lowest BCUT2D eigenvalue weighted by atomic mass is 9.99. The van der Waals surface area contributed by atoms with Gasteiger partial charge >= 0.3 is 0 Å². The number of benzene rings is 1. The first kappa shape index (κ1) is 13.9. The predicted molar refractivity (Wildman–Crippen MR) is 71.1 cm³/mol. The minimum absolute atomic E-state index is 0.0469. The molecule has 1 unspecified atom stereocenters. The maximum atomic E-state index is 11.2. The molecule has 0 aliphatic rings. The molecule has 0 N–H and O–H groups in total. The fourth-order valence-corrected chi connectivity index (χ4v) is 2.12. The third-order valence-corrected chi connectivity index (χ3v) is 3.07. The highest BCUT2D eigenvalue weighted by Gasteiger charge is 2.19. The van der Waals surface area contributed by atoms with Crippen LogP contribution in [0.4, 0.5) is 0 Å². The van der Waals surface area contributed by atoms with Gasteiger partial charge in [-0.25, -0.2) is 0 Å². The van der Waals surface area contributed by atoms with Gasteiger partial charge in [0.05, 0.1) is 5.92 Å². The fraction of sp³-hybridized carbons (Fsp3) is 0.533. The van der Waals surface area contributed by atoms with Gasteiger partial charge in [0.25, 0.3) is 0 Å². The topological polar surface area (TPSA) is 20.3 Å². The van der Waals surface area contributed by atoms with Crippen LogP contribution < -0.4 is 0 Å². The fourth-order valence-electron chi connectivity index (χ4n) is 2.12. The normalized spacial score (nSPS) is 13.4. The summed E-state index contributed by atoms with van der Waals surface area (Å²) in [4.78, 5) is 13.6. The zero-order valence-corrected chi connectivity index (χ0v) is 11.2. The van der Waals surface area contributed by atoms with E-state index in [-0.39, 0.29) is 5.92 Å². The lowest BCUT2D eigenvalue weighted by molar-refractivity contribution is -0.109. The Balaban J connectivity index is 2.79. The van der Waals surface area contributed by atoms with Crippen molar-refractivity contribution < 1.29 is 4.79 Å². The van der Waals surface area contributed by atoms with Crippen molar-refractivity contribution in [3.05, 3.63) is 35.9 Å². The van der Waals surface area contributed by atoms with Crippen LogP contribution in [0.25, 0.3) is 0 Å². The van der Waals surface area contributed by atoms with Gasteiger partial charge in [-0.15, -0.1) is 0 Å². The Labute approximate surface area is 105 Å². The van der Waals surface area contributed by atoms with Crippen molar-refractivity contribution >= 4 is 6.29 Å². The average molecular weight is 232 g/mol. The molecule has 0 heterocycles. The lowest BCUT2D eigenvalue weighted by Gasteiger charge is -2.32. The van der Waals surface area contributed by atoms with Crippen molar-refractivity contribution in [1.29, 1.82) is 0 Å². The molecule has 1 aromatic carbocycles. The molecule has 17 heavy (non-hydrogen) atoms. The Morgan fingerprint density at radius 3 is 2.12 bits per heavy atom. The summed E-state index contributed by atoms with van der Waals surface area (Å²) in [5.74, 6) is -0.0469. The molecule has 0 amide bonds. The second kappa shape index (κ2) is 6.55. The van der Waals surface area contributed by atoms with E-state index in [2.05, 4.69) is 38.7 Å². The van der Waals surface area contributed by atoms with E-state index in [9.17, 15) is 4.79 Å². The molecule has 0 aliphatic heterocycles. The van der Waals surface area contributed by atoms with Crippen LogP contribution in [0.5, 0.6) is 0 Å². The van der Waals surface area contributed by atoms with Gasteiger partial charge in [-0.3, -0.25) is 4.90 Å². The molecule has 1 atom stereocenters. The number of hydrogen-bond acceptors (Lipinski definition) is 2. The first-order valence-electron chi connectivity index (χ1n) is 6.23. The number of aldehydes is 1. The molecule has 1 radical (unpaired) electrons. The van der Waals surface area contributed by atoms with Crippen molar-refractivity contribution in [2.24, 2.45) is 0 Å². The van der Waals surface area contributed by atoms with Crippen LogP contribution in [-0.4, -0.2) is 29.8 Å². The van der Waals surface area contributed by atoms with Gasteiger partial charge < -0.3 is 4.79 Å². The van der Waals surface area contributed by atoms with Crippen LogP contribution in [0, 0.1) is 6.07 Å². The molecular formula is C15H22NO. The maximum Gasteiger partial charge on any atom is 0.128 e. The minimum atomic E-state index is -0.0469. The molecule has 93 valence electrons. The Bertz CT molecular complexity index is 324. The molecule has 0 saturated carbocycles. The highest BCUT2D eigenvalue weighted by molar-refractivity contribution is 5.62. The highest BCUT2D eigenvalue weighted by Crippen LogP contribution is 2.17. The highest BCUT2D eigenvalue weighted by atomic mass is 16.1. The van der Waals surface area contributed by atoms with E-state index in [0.29, 0.717) is 12.1 Å². The monoisotopic (exact) mass is 232 g/mol. The molecule has 0 bridgehead atoms. The molecule has 1 aromatic rings. The van der Waals surface area contributed by atoms with E-state index < -0.39 is 0 Å². The average Bonchev–Trinajstić information content (AvgIpc) is 2.30. The van der Waals surface area contributed by atoms with Crippen LogP contribution in [-0.2, 0) is 4.79 Å². The van der Waals surface area contributed by atoms with Gasteiger partial charge in [-0.05, 0) is 39.3 Å². The van der Waals surface area contributed by atoms with Crippen LogP contribution in [0.1, 0.15) is 39.2 Å². The van der Waals surface area contributed by atoms with Gasteiger partial charge in [0.2, 0.25) is 0 Å². The van der Waals surface area contributed by atoms with Crippen molar-refractivity contribution in [2.75, 3.05) is 6.54 Å². The van der Waals surface area contributed by atoms with Crippen LogP contribution in [0.3, 0.4) is 0 Å². The molecule has 2 heteroatoms. The number of hydrogen-bond donors (Lipinski definition) is 0. The smallest absolute Gasteiger partial charge is 0.128 e. The predicted octanol–water partition coefficient (Wildman–Crippen LogP) is 2.89. The first-order valence-corrected chi connectivity index (χ1v) is 6.23. The largest absolute Gasteiger partial charge is 0.303 e. The summed E-state index contributed by atoms with van der Waals surface area (Å²) in [6.07, 6.45) is 1.05. The van der Waals surface area contributed by atoms with E-state index in [4.69, 9.17) is 0 Å². The Kier molecular flexibility index (Phi) is 5.36. The molecule has 0 aliphatic carbocycles. The number of carbonyl (C=O) groups is 1. The Morgan fingerprint density at radius 2 is 1.71 bits per heavy atom. The molecule has 2 nitrogen and oxygen atoms in total. The van der Waals surface area contributed by atoms with E-state index in [1.54, 1.807) is 0 Å². The SMILES string of the molecule is CC(C)N(CC(C=O)c1cc[c]cc1)C(C)C. The molecule has 0 spiro atoms. The molecule has 0 fully saturated rings. The minimum Gasteiger partial charge on any atom is -0.303 e. The molecular weight excluding hydrogens is 210 g/mol. The van der Waals surface area contributed by atoms with Gasteiger partial charge in [-0.2, -0.15) is 0 Å². The quantitative estimate of drug-likeness (QED) is 0.703. The van der Waals surface area contributed by atoms with Crippen molar-refractivity contribution in [3.63, 3.8) is 0 Å².